The van der Waals surface area contributed by atoms with Crippen molar-refractivity contribution in [1.82, 2.24) is 4.57 Å². The number of rotatable bonds is 4. The molecule has 3 aromatic carbocycles. The van der Waals surface area contributed by atoms with Gasteiger partial charge in [-0.3, -0.25) is 4.79 Å². The molecule has 0 saturated carbocycles. The van der Waals surface area contributed by atoms with Crippen LogP contribution in [0.2, 0.25) is 0 Å². The third-order valence-corrected chi connectivity index (χ3v) is 4.71. The quantitative estimate of drug-likeness (QED) is 0.398. The third-order valence-electron chi connectivity index (χ3n) is 4.71. The molecule has 1 aromatic heterocycles. The van der Waals surface area contributed by atoms with Crippen LogP contribution in [0.15, 0.2) is 77.8 Å². The summed E-state index contributed by atoms with van der Waals surface area (Å²) in [4.78, 5) is 17.0. The number of ether oxygens (including phenoxy) is 2. The molecule has 5 heteroatoms. The zero-order chi connectivity index (χ0) is 19.5. The van der Waals surface area contributed by atoms with E-state index in [1.54, 1.807) is 7.11 Å². The highest BCUT2D eigenvalue weighted by Crippen LogP contribution is 2.23. The lowest BCUT2D eigenvalue weighted by Gasteiger charge is -2.15. The summed E-state index contributed by atoms with van der Waals surface area (Å²) >= 11 is 0. The summed E-state index contributed by atoms with van der Waals surface area (Å²) in [6.07, 6.45) is 0. The molecule has 0 amide bonds. The van der Waals surface area contributed by atoms with Crippen LogP contribution in [0.25, 0.3) is 21.8 Å². The van der Waals surface area contributed by atoms with Gasteiger partial charge in [-0.25, -0.2) is 4.99 Å². The van der Waals surface area contributed by atoms with Crippen molar-refractivity contribution in [2.24, 2.45) is 4.99 Å². The zero-order valence-electron chi connectivity index (χ0n) is 15.8. The predicted molar refractivity (Wildman–Crippen MR) is 110 cm³/mol. The first kappa shape index (κ1) is 17.8. The molecule has 0 aliphatic heterocycles. The largest absolute Gasteiger partial charge is 0.497 e. The van der Waals surface area contributed by atoms with Gasteiger partial charge in [0.25, 0.3) is 0 Å². The molecule has 28 heavy (non-hydrogen) atoms. The molecule has 4 aromatic rings. The minimum atomic E-state index is -0.294. The van der Waals surface area contributed by atoms with Crippen LogP contribution >= 0.6 is 0 Å². The Kier molecular flexibility index (Phi) is 4.81. The molecule has 0 N–H and O–H groups in total. The van der Waals surface area contributed by atoms with E-state index in [0.29, 0.717) is 0 Å². The average molecular weight is 372 g/mol. The SMILES string of the molecule is COC(=O)Cn1c2ccccc2c(=Nc2cccc(OC)c2)c2ccccc21. The number of aromatic nitrogens is 1. The molecule has 0 spiro atoms. The van der Waals surface area contributed by atoms with E-state index in [2.05, 4.69) is 0 Å². The lowest BCUT2D eigenvalue weighted by Crippen LogP contribution is -2.17. The first-order valence-electron chi connectivity index (χ1n) is 8.97. The van der Waals surface area contributed by atoms with E-state index in [1.165, 1.54) is 7.11 Å². The van der Waals surface area contributed by atoms with E-state index in [1.807, 2.05) is 77.4 Å². The first-order chi connectivity index (χ1) is 13.7. The summed E-state index contributed by atoms with van der Waals surface area (Å²) in [5, 5.41) is 2.79. The minimum Gasteiger partial charge on any atom is -0.497 e. The van der Waals surface area contributed by atoms with Gasteiger partial charge < -0.3 is 14.0 Å². The molecule has 0 bridgehead atoms. The molecule has 0 saturated heterocycles. The van der Waals surface area contributed by atoms with Crippen molar-refractivity contribution in [1.29, 1.82) is 0 Å². The fourth-order valence-electron chi connectivity index (χ4n) is 3.39. The molecular formula is C23H20N2O3. The van der Waals surface area contributed by atoms with Gasteiger partial charge in [0.05, 0.1) is 36.3 Å². The number of pyridine rings is 1. The van der Waals surface area contributed by atoms with Crippen LogP contribution in [0.3, 0.4) is 0 Å². The fourth-order valence-corrected chi connectivity index (χ4v) is 3.39. The first-order valence-corrected chi connectivity index (χ1v) is 8.97. The summed E-state index contributed by atoms with van der Waals surface area (Å²) in [7, 11) is 3.04. The third kappa shape index (κ3) is 3.22. The van der Waals surface area contributed by atoms with Gasteiger partial charge in [-0.2, -0.15) is 0 Å². The van der Waals surface area contributed by atoms with Crippen molar-refractivity contribution < 1.29 is 14.3 Å². The van der Waals surface area contributed by atoms with Gasteiger partial charge in [0.15, 0.2) is 0 Å². The van der Waals surface area contributed by atoms with Gasteiger partial charge in [0.1, 0.15) is 12.3 Å². The second kappa shape index (κ2) is 7.56. The lowest BCUT2D eigenvalue weighted by atomic mass is 10.1. The Morgan fingerprint density at radius 1 is 0.893 bits per heavy atom. The van der Waals surface area contributed by atoms with Crippen LogP contribution in [0.5, 0.6) is 5.75 Å². The Balaban J connectivity index is 2.10. The Hall–Kier alpha value is -3.60. The molecular weight excluding hydrogens is 352 g/mol. The van der Waals surface area contributed by atoms with Crippen molar-refractivity contribution in [3.05, 3.63) is 78.2 Å². The van der Waals surface area contributed by atoms with Crippen molar-refractivity contribution in [3.8, 4) is 5.75 Å². The average Bonchev–Trinajstić information content (AvgIpc) is 2.75. The minimum absolute atomic E-state index is 0.136. The number of carbonyl (C=O) groups is 1. The Bertz CT molecular complexity index is 1180. The number of hydrogen-bond donors (Lipinski definition) is 0. The van der Waals surface area contributed by atoms with Gasteiger partial charge in [0, 0.05) is 16.8 Å². The highest BCUT2D eigenvalue weighted by atomic mass is 16.5. The van der Waals surface area contributed by atoms with Crippen LogP contribution in [0.1, 0.15) is 0 Å². The second-order valence-electron chi connectivity index (χ2n) is 6.36. The van der Waals surface area contributed by atoms with Gasteiger partial charge in [-0.1, -0.05) is 42.5 Å². The van der Waals surface area contributed by atoms with Crippen molar-refractivity contribution in [2.45, 2.75) is 6.54 Å². The molecule has 0 aliphatic rings. The molecule has 140 valence electrons. The van der Waals surface area contributed by atoms with Crippen molar-refractivity contribution >= 4 is 33.5 Å². The molecule has 1 heterocycles. The number of benzene rings is 3. The molecule has 4 rings (SSSR count). The number of nitrogens with zero attached hydrogens (tertiary/aromatic N) is 2. The summed E-state index contributed by atoms with van der Waals surface area (Å²) in [5.41, 5.74) is 2.65. The topological polar surface area (TPSA) is 52.8 Å². The van der Waals surface area contributed by atoms with Crippen molar-refractivity contribution in [3.63, 3.8) is 0 Å². The second-order valence-corrected chi connectivity index (χ2v) is 6.36. The van der Waals surface area contributed by atoms with Gasteiger partial charge in [0.2, 0.25) is 0 Å². The maximum atomic E-state index is 12.0. The van der Waals surface area contributed by atoms with E-state index in [9.17, 15) is 4.79 Å². The molecule has 0 radical (unpaired) electrons. The standard InChI is InChI=1S/C23H20N2O3/c1-27-17-9-7-8-16(14-17)24-23-18-10-3-5-12-20(18)25(15-22(26)28-2)21-13-6-4-11-19(21)23/h3-14H,15H2,1-2H3. The van der Waals surface area contributed by atoms with E-state index in [-0.39, 0.29) is 12.5 Å². The van der Waals surface area contributed by atoms with Crippen LogP contribution < -0.4 is 10.1 Å². The number of carbonyl (C=O) groups excluding carboxylic acids is 1. The Morgan fingerprint density at radius 3 is 2.14 bits per heavy atom. The zero-order valence-corrected chi connectivity index (χ0v) is 15.8. The Morgan fingerprint density at radius 2 is 1.54 bits per heavy atom. The molecule has 0 aliphatic carbocycles. The fraction of sp³-hybridized carbons (Fsp3) is 0.130. The highest BCUT2D eigenvalue weighted by Gasteiger charge is 2.12. The summed E-state index contributed by atoms with van der Waals surface area (Å²) in [6.45, 7) is 0.136. The summed E-state index contributed by atoms with van der Waals surface area (Å²) < 4.78 is 12.2. The van der Waals surface area contributed by atoms with Gasteiger partial charge in [-0.15, -0.1) is 0 Å². The maximum Gasteiger partial charge on any atom is 0.325 e. The van der Waals surface area contributed by atoms with E-state index in [4.69, 9.17) is 14.5 Å². The van der Waals surface area contributed by atoms with Crippen LogP contribution in [-0.2, 0) is 16.1 Å². The summed E-state index contributed by atoms with van der Waals surface area (Å²) in [6, 6.07) is 23.6. The number of methoxy groups -OCH3 is 2. The highest BCUT2D eigenvalue weighted by molar-refractivity contribution is 5.94. The van der Waals surface area contributed by atoms with E-state index in [0.717, 1.165) is 38.6 Å². The van der Waals surface area contributed by atoms with Crippen LogP contribution in [0.4, 0.5) is 5.69 Å². The van der Waals surface area contributed by atoms with E-state index < -0.39 is 0 Å². The maximum absolute atomic E-state index is 12.0. The molecule has 5 nitrogen and oxygen atoms in total. The van der Waals surface area contributed by atoms with Gasteiger partial charge in [-0.05, 0) is 24.3 Å². The number of fused-ring (bicyclic) bond motifs is 2. The van der Waals surface area contributed by atoms with Crippen LogP contribution in [0, 0.1) is 0 Å². The number of hydrogen-bond acceptors (Lipinski definition) is 4. The normalized spacial score (nSPS) is 10.8. The number of esters is 1. The van der Waals surface area contributed by atoms with Crippen molar-refractivity contribution in [2.75, 3.05) is 14.2 Å². The smallest absolute Gasteiger partial charge is 0.325 e. The van der Waals surface area contributed by atoms with Crippen LogP contribution in [-0.4, -0.2) is 24.8 Å². The molecule has 0 atom stereocenters. The van der Waals surface area contributed by atoms with Gasteiger partial charge >= 0.3 is 5.97 Å². The molecule has 0 unspecified atom stereocenters. The predicted octanol–water partition coefficient (Wildman–Crippen LogP) is 4.21. The molecule has 0 fully saturated rings. The Labute approximate surface area is 162 Å². The summed E-state index contributed by atoms with van der Waals surface area (Å²) in [5.74, 6) is 0.462. The van der Waals surface area contributed by atoms with E-state index >= 15 is 0 Å². The monoisotopic (exact) mass is 372 g/mol. The lowest BCUT2D eigenvalue weighted by molar-refractivity contribution is -0.141. The number of para-hydroxylation sites is 2.